The summed E-state index contributed by atoms with van der Waals surface area (Å²) in [5.41, 5.74) is 0.766. The number of hydrogen-bond acceptors (Lipinski definition) is 6. The van der Waals surface area contributed by atoms with Crippen LogP contribution in [-0.4, -0.2) is 68.3 Å². The second-order valence-corrected chi connectivity index (χ2v) is 12.8. The Morgan fingerprint density at radius 3 is 2.34 bits per heavy atom. The molecule has 1 fully saturated rings. The summed E-state index contributed by atoms with van der Waals surface area (Å²) >= 11 is 0. The van der Waals surface area contributed by atoms with Gasteiger partial charge in [-0.1, -0.05) is 62.4 Å². The van der Waals surface area contributed by atoms with Crippen LogP contribution in [0.25, 0.3) is 10.8 Å². The Labute approximate surface area is 240 Å². The van der Waals surface area contributed by atoms with Gasteiger partial charge in [0.2, 0.25) is 17.7 Å². The van der Waals surface area contributed by atoms with Crippen molar-refractivity contribution in [1.82, 2.24) is 21.3 Å². The molecule has 0 aliphatic carbocycles. The molecule has 0 unspecified atom stereocenters. The maximum Gasteiger partial charge on any atom is 0.405 e. The first-order chi connectivity index (χ1) is 19.3. The lowest BCUT2D eigenvalue weighted by Crippen LogP contribution is -2.55. The van der Waals surface area contributed by atoms with Crippen molar-refractivity contribution in [3.05, 3.63) is 59.5 Å². The van der Waals surface area contributed by atoms with Gasteiger partial charge in [0.15, 0.2) is 9.84 Å². The fourth-order valence-electron chi connectivity index (χ4n) is 4.91. The molecule has 41 heavy (non-hydrogen) atoms. The highest BCUT2D eigenvalue weighted by Crippen LogP contribution is 2.21. The van der Waals surface area contributed by atoms with Crippen molar-refractivity contribution >= 4 is 44.4 Å². The molecule has 222 valence electrons. The van der Waals surface area contributed by atoms with Crippen LogP contribution in [0.2, 0.25) is 0 Å². The summed E-state index contributed by atoms with van der Waals surface area (Å²) < 4.78 is 23.5. The quantitative estimate of drug-likeness (QED) is 0.239. The van der Waals surface area contributed by atoms with Gasteiger partial charge >= 0.3 is 6.09 Å². The summed E-state index contributed by atoms with van der Waals surface area (Å²) in [6.07, 6.45) is 2.04. The van der Waals surface area contributed by atoms with E-state index in [0.29, 0.717) is 13.0 Å². The summed E-state index contributed by atoms with van der Waals surface area (Å²) in [6, 6.07) is 10.2. The smallest absolute Gasteiger partial charge is 0.405 e. The molecule has 1 saturated heterocycles. The highest BCUT2D eigenvalue weighted by atomic mass is 32.2. The van der Waals surface area contributed by atoms with Crippen molar-refractivity contribution in [2.75, 3.05) is 12.8 Å². The van der Waals surface area contributed by atoms with Crippen molar-refractivity contribution in [2.24, 2.45) is 11.8 Å². The van der Waals surface area contributed by atoms with E-state index in [1.54, 1.807) is 0 Å². The molecule has 0 spiro atoms. The molecule has 0 aromatic heterocycles. The summed E-state index contributed by atoms with van der Waals surface area (Å²) in [7, 11) is -3.49. The molecule has 1 aliphatic heterocycles. The Morgan fingerprint density at radius 2 is 1.71 bits per heavy atom. The van der Waals surface area contributed by atoms with Gasteiger partial charge in [0, 0.05) is 36.6 Å². The van der Waals surface area contributed by atoms with E-state index >= 15 is 0 Å². The van der Waals surface area contributed by atoms with Gasteiger partial charge < -0.3 is 26.4 Å². The van der Waals surface area contributed by atoms with E-state index in [1.165, 1.54) is 6.08 Å². The van der Waals surface area contributed by atoms with Crippen LogP contribution < -0.4 is 21.3 Å². The average molecular weight is 587 g/mol. The molecule has 3 rings (SSSR count). The molecule has 12 heteroatoms. The highest BCUT2D eigenvalue weighted by Gasteiger charge is 2.31. The largest absolute Gasteiger partial charge is 0.465 e. The molecule has 1 aliphatic rings. The van der Waals surface area contributed by atoms with Crippen molar-refractivity contribution in [2.45, 2.75) is 57.7 Å². The minimum Gasteiger partial charge on any atom is -0.465 e. The van der Waals surface area contributed by atoms with Gasteiger partial charge in [-0.2, -0.15) is 0 Å². The van der Waals surface area contributed by atoms with E-state index in [9.17, 15) is 32.7 Å². The predicted octanol–water partition coefficient (Wildman–Crippen LogP) is 2.12. The summed E-state index contributed by atoms with van der Waals surface area (Å²) in [4.78, 5) is 50.6. The predicted molar refractivity (Wildman–Crippen MR) is 156 cm³/mol. The lowest BCUT2D eigenvalue weighted by Gasteiger charge is -2.26. The standard InChI is InChI=1S/C29H38N4O7S/c1-18(2)15-24(27(35)31-22(12-14-41(3,39)40)16-21-11-13-30-26(21)34)32-28(36)25(33-29(37)38)17-20-9-6-8-19-7-4-5-10-23(19)20/h4-10,12,14,18,21-22,24-25,33H,11,13,15-17H2,1-3H3,(H,30,34)(H,31,35)(H,32,36)(H,37,38)/b14-12+/t21-,22+,24-,25-/m0/s1. The van der Waals surface area contributed by atoms with Gasteiger partial charge in [-0.25, -0.2) is 13.2 Å². The van der Waals surface area contributed by atoms with E-state index in [4.69, 9.17) is 0 Å². The van der Waals surface area contributed by atoms with Crippen LogP contribution in [0.5, 0.6) is 0 Å². The third kappa shape index (κ3) is 9.89. The second kappa shape index (κ2) is 14.1. The number of benzene rings is 2. The summed E-state index contributed by atoms with van der Waals surface area (Å²) in [6.45, 7) is 4.25. The molecule has 0 saturated carbocycles. The molecule has 11 nitrogen and oxygen atoms in total. The molecule has 1 heterocycles. The molecular weight excluding hydrogens is 548 g/mol. The Kier molecular flexibility index (Phi) is 10.9. The SMILES string of the molecule is CC(C)C[C@H](NC(=O)[C@H](Cc1cccc2ccccc12)NC(=O)O)C(=O)N[C@H](/C=C/S(C)(=O)=O)C[C@@H]1CCNC1=O. The van der Waals surface area contributed by atoms with Crippen molar-refractivity contribution in [3.63, 3.8) is 0 Å². The fraction of sp³-hybridized carbons (Fsp3) is 0.448. The highest BCUT2D eigenvalue weighted by molar-refractivity contribution is 7.93. The van der Waals surface area contributed by atoms with Crippen molar-refractivity contribution in [1.29, 1.82) is 0 Å². The molecule has 0 bridgehead atoms. The zero-order valence-corrected chi connectivity index (χ0v) is 24.2. The van der Waals surface area contributed by atoms with E-state index in [1.807, 2.05) is 56.3 Å². The van der Waals surface area contributed by atoms with E-state index in [-0.39, 0.29) is 31.1 Å². The zero-order chi connectivity index (χ0) is 30.2. The Balaban J connectivity index is 1.81. The molecule has 2 aromatic rings. The first-order valence-electron chi connectivity index (χ1n) is 13.5. The van der Waals surface area contributed by atoms with Crippen LogP contribution in [0, 0.1) is 11.8 Å². The van der Waals surface area contributed by atoms with Crippen LogP contribution in [0.4, 0.5) is 4.79 Å². The van der Waals surface area contributed by atoms with E-state index in [2.05, 4.69) is 21.3 Å². The molecule has 2 aromatic carbocycles. The number of carboxylic acid groups (broad SMARTS) is 1. The molecule has 0 radical (unpaired) electrons. The average Bonchev–Trinajstić information content (AvgIpc) is 3.29. The van der Waals surface area contributed by atoms with Crippen LogP contribution in [0.1, 0.15) is 38.7 Å². The van der Waals surface area contributed by atoms with Crippen LogP contribution in [0.15, 0.2) is 53.9 Å². The maximum absolute atomic E-state index is 13.4. The Morgan fingerprint density at radius 1 is 1.02 bits per heavy atom. The van der Waals surface area contributed by atoms with Crippen molar-refractivity contribution in [3.8, 4) is 0 Å². The van der Waals surface area contributed by atoms with Gasteiger partial charge in [0.05, 0.1) is 0 Å². The lowest BCUT2D eigenvalue weighted by molar-refractivity contribution is -0.130. The number of amides is 4. The molecular formula is C29H38N4O7S. The Bertz CT molecular complexity index is 1400. The van der Waals surface area contributed by atoms with Gasteiger partial charge in [0.25, 0.3) is 0 Å². The second-order valence-electron chi connectivity index (χ2n) is 10.8. The number of rotatable bonds is 13. The van der Waals surface area contributed by atoms with Gasteiger partial charge in [-0.3, -0.25) is 14.4 Å². The van der Waals surface area contributed by atoms with Gasteiger partial charge in [0.1, 0.15) is 12.1 Å². The van der Waals surface area contributed by atoms with E-state index < -0.39 is 51.8 Å². The number of carbonyl (C=O) groups excluding carboxylic acids is 3. The minimum atomic E-state index is -3.49. The summed E-state index contributed by atoms with van der Waals surface area (Å²) in [5.74, 6) is -1.81. The first kappa shape index (κ1) is 31.6. The number of hydrogen-bond donors (Lipinski definition) is 5. The molecule has 4 atom stereocenters. The third-order valence-corrected chi connectivity index (χ3v) is 7.50. The maximum atomic E-state index is 13.4. The normalized spacial score (nSPS) is 17.7. The van der Waals surface area contributed by atoms with Crippen LogP contribution >= 0.6 is 0 Å². The lowest BCUT2D eigenvalue weighted by atomic mass is 9.96. The monoisotopic (exact) mass is 586 g/mol. The van der Waals surface area contributed by atoms with Gasteiger partial charge in [-0.05, 0) is 41.5 Å². The van der Waals surface area contributed by atoms with Gasteiger partial charge in [-0.15, -0.1) is 0 Å². The number of carbonyl (C=O) groups is 4. The molecule has 5 N–H and O–H groups in total. The first-order valence-corrected chi connectivity index (χ1v) is 15.5. The Hall–Kier alpha value is -3.93. The fourth-order valence-corrected chi connectivity index (χ4v) is 5.38. The third-order valence-electron chi connectivity index (χ3n) is 6.85. The van der Waals surface area contributed by atoms with Crippen LogP contribution in [0.3, 0.4) is 0 Å². The van der Waals surface area contributed by atoms with E-state index in [0.717, 1.165) is 28.0 Å². The number of fused-ring (bicyclic) bond motifs is 1. The minimum absolute atomic E-state index is 0.0133. The number of sulfone groups is 1. The van der Waals surface area contributed by atoms with Crippen molar-refractivity contribution < 1.29 is 32.7 Å². The summed E-state index contributed by atoms with van der Waals surface area (Å²) in [5, 5.41) is 22.7. The molecule has 4 amide bonds. The van der Waals surface area contributed by atoms with Crippen LogP contribution in [-0.2, 0) is 30.6 Å². The topological polar surface area (TPSA) is 171 Å². The number of nitrogens with one attached hydrogen (secondary N) is 4. The zero-order valence-electron chi connectivity index (χ0n) is 23.4.